The molecule has 1 aromatic rings. The monoisotopic (exact) mass is 377 g/mol. The lowest BCUT2D eigenvalue weighted by molar-refractivity contribution is -0.0258. The van der Waals surface area contributed by atoms with Crippen molar-refractivity contribution in [2.24, 2.45) is 0 Å². The topological polar surface area (TPSA) is 58.2 Å². The number of aromatic amines is 1. The summed E-state index contributed by atoms with van der Waals surface area (Å²) in [5.74, 6) is 0.641. The van der Waals surface area contributed by atoms with Crippen LogP contribution in [0, 0.1) is 3.57 Å². The fourth-order valence-corrected chi connectivity index (χ4v) is 3.13. The minimum absolute atomic E-state index is 0.0765. The molecule has 1 unspecified atom stereocenters. The molecule has 2 rings (SSSR count). The Bertz CT molecular complexity index is 522. The van der Waals surface area contributed by atoms with Crippen LogP contribution < -0.4 is 5.56 Å². The van der Waals surface area contributed by atoms with Gasteiger partial charge in [-0.25, -0.2) is 4.98 Å². The minimum Gasteiger partial charge on any atom is -0.368 e. The van der Waals surface area contributed by atoms with E-state index in [2.05, 4.69) is 58.2 Å². The van der Waals surface area contributed by atoms with Gasteiger partial charge >= 0.3 is 0 Å². The van der Waals surface area contributed by atoms with E-state index in [1.807, 2.05) is 7.05 Å². The summed E-state index contributed by atoms with van der Waals surface area (Å²) in [5, 5.41) is 0. The number of likely N-dealkylation sites (N-methyl/N-ethyl adjacent to an activating group) is 1. The largest absolute Gasteiger partial charge is 0.368 e. The summed E-state index contributed by atoms with van der Waals surface area (Å²) in [6.45, 7) is 8.53. The molecule has 0 amide bonds. The van der Waals surface area contributed by atoms with Gasteiger partial charge in [0.25, 0.3) is 5.56 Å². The standard InChI is InChI=1S/C13H20IN3O2/c1-13(2,3)10-9(14)12(18)16-11(15-10)8-7-17(4)5-6-19-8/h8H,5-7H2,1-4H3,(H,15,16,18). The van der Waals surface area contributed by atoms with Crippen molar-refractivity contribution < 1.29 is 4.74 Å². The summed E-state index contributed by atoms with van der Waals surface area (Å²) in [4.78, 5) is 21.7. The van der Waals surface area contributed by atoms with E-state index < -0.39 is 0 Å². The van der Waals surface area contributed by atoms with Gasteiger partial charge in [-0.3, -0.25) is 4.79 Å². The minimum atomic E-state index is -0.153. The molecule has 1 saturated heterocycles. The fraction of sp³-hybridized carbons (Fsp3) is 0.692. The summed E-state index contributed by atoms with van der Waals surface area (Å²) >= 11 is 2.06. The lowest BCUT2D eigenvalue weighted by Crippen LogP contribution is -2.37. The van der Waals surface area contributed by atoms with Gasteiger partial charge in [0.05, 0.1) is 12.3 Å². The van der Waals surface area contributed by atoms with Crippen LogP contribution in [0.2, 0.25) is 0 Å². The Kier molecular flexibility index (Phi) is 4.32. The number of aromatic nitrogens is 2. The molecule has 1 aliphatic rings. The molecular formula is C13H20IN3O2. The molecular weight excluding hydrogens is 357 g/mol. The van der Waals surface area contributed by atoms with Gasteiger partial charge < -0.3 is 14.6 Å². The van der Waals surface area contributed by atoms with Crippen molar-refractivity contribution in [2.45, 2.75) is 32.3 Å². The average molecular weight is 377 g/mol. The van der Waals surface area contributed by atoms with Crippen LogP contribution in [0.25, 0.3) is 0 Å². The molecule has 1 N–H and O–H groups in total. The van der Waals surface area contributed by atoms with Crippen molar-refractivity contribution in [3.05, 3.63) is 25.4 Å². The molecule has 19 heavy (non-hydrogen) atoms. The third kappa shape index (κ3) is 3.35. The first-order valence-corrected chi connectivity index (χ1v) is 7.47. The molecule has 1 atom stereocenters. The van der Waals surface area contributed by atoms with Crippen LogP contribution in [0.5, 0.6) is 0 Å². The van der Waals surface area contributed by atoms with Crippen molar-refractivity contribution in [1.29, 1.82) is 0 Å². The predicted molar refractivity (Wildman–Crippen MR) is 82.5 cm³/mol. The average Bonchev–Trinajstić information content (AvgIpc) is 2.31. The zero-order chi connectivity index (χ0) is 14.2. The van der Waals surface area contributed by atoms with Crippen LogP contribution in [0.1, 0.15) is 38.4 Å². The molecule has 0 radical (unpaired) electrons. The van der Waals surface area contributed by atoms with Crippen molar-refractivity contribution >= 4 is 22.6 Å². The van der Waals surface area contributed by atoms with E-state index in [1.54, 1.807) is 0 Å². The van der Waals surface area contributed by atoms with Gasteiger partial charge in [0, 0.05) is 18.5 Å². The van der Waals surface area contributed by atoms with Crippen LogP contribution >= 0.6 is 22.6 Å². The summed E-state index contributed by atoms with van der Waals surface area (Å²) < 4.78 is 6.39. The number of rotatable bonds is 1. The number of hydrogen-bond donors (Lipinski definition) is 1. The van der Waals surface area contributed by atoms with E-state index >= 15 is 0 Å². The zero-order valence-electron chi connectivity index (χ0n) is 11.8. The summed E-state index contributed by atoms with van der Waals surface area (Å²) in [6.07, 6.45) is -0.149. The molecule has 106 valence electrons. The van der Waals surface area contributed by atoms with Gasteiger partial charge in [0.1, 0.15) is 15.5 Å². The zero-order valence-corrected chi connectivity index (χ0v) is 13.9. The first-order valence-electron chi connectivity index (χ1n) is 6.39. The third-order valence-electron chi connectivity index (χ3n) is 3.17. The fourth-order valence-electron chi connectivity index (χ4n) is 2.07. The molecule has 2 heterocycles. The Labute approximate surface area is 126 Å². The van der Waals surface area contributed by atoms with E-state index in [9.17, 15) is 4.79 Å². The second-order valence-electron chi connectivity index (χ2n) is 5.99. The van der Waals surface area contributed by atoms with Crippen LogP contribution in [-0.2, 0) is 10.2 Å². The second-order valence-corrected chi connectivity index (χ2v) is 7.06. The van der Waals surface area contributed by atoms with Gasteiger partial charge in [-0.15, -0.1) is 0 Å². The molecule has 0 bridgehead atoms. The van der Waals surface area contributed by atoms with E-state index in [-0.39, 0.29) is 17.1 Å². The smallest absolute Gasteiger partial charge is 0.264 e. The molecule has 0 spiro atoms. The van der Waals surface area contributed by atoms with Gasteiger partial charge in [-0.1, -0.05) is 20.8 Å². The SMILES string of the molecule is CN1CCOC(c2nc(C(C)(C)C)c(I)c(=O)[nH]2)C1. The molecule has 6 heteroatoms. The highest BCUT2D eigenvalue weighted by atomic mass is 127. The van der Waals surface area contributed by atoms with Gasteiger partial charge in [0.2, 0.25) is 0 Å². The Morgan fingerprint density at radius 1 is 1.47 bits per heavy atom. The Balaban J connectivity index is 2.42. The number of H-pyrrole nitrogens is 1. The summed E-state index contributed by atoms with van der Waals surface area (Å²) in [7, 11) is 2.05. The first-order chi connectivity index (χ1) is 8.79. The van der Waals surface area contributed by atoms with Gasteiger partial charge in [-0.2, -0.15) is 0 Å². The lowest BCUT2D eigenvalue weighted by Gasteiger charge is -2.30. The first kappa shape index (κ1) is 14.9. The van der Waals surface area contributed by atoms with Crippen molar-refractivity contribution in [3.8, 4) is 0 Å². The maximum atomic E-state index is 12.1. The molecule has 0 aliphatic carbocycles. The van der Waals surface area contributed by atoms with Gasteiger partial charge in [0.15, 0.2) is 0 Å². The highest BCUT2D eigenvalue weighted by Crippen LogP contribution is 2.25. The van der Waals surface area contributed by atoms with E-state index in [0.29, 0.717) is 16.0 Å². The quantitative estimate of drug-likeness (QED) is 0.757. The van der Waals surface area contributed by atoms with Crippen LogP contribution in [0.4, 0.5) is 0 Å². The van der Waals surface area contributed by atoms with Crippen LogP contribution in [0.15, 0.2) is 4.79 Å². The van der Waals surface area contributed by atoms with E-state index in [4.69, 9.17) is 4.74 Å². The number of nitrogens with one attached hydrogen (secondary N) is 1. The van der Waals surface area contributed by atoms with Gasteiger partial charge in [-0.05, 0) is 29.6 Å². The molecule has 5 nitrogen and oxygen atoms in total. The third-order valence-corrected chi connectivity index (χ3v) is 4.17. The van der Waals surface area contributed by atoms with Crippen molar-refractivity contribution in [1.82, 2.24) is 14.9 Å². The predicted octanol–water partition coefficient (Wildman–Crippen LogP) is 1.68. The summed E-state index contributed by atoms with van der Waals surface area (Å²) in [6, 6.07) is 0. The van der Waals surface area contributed by atoms with Crippen LogP contribution in [0.3, 0.4) is 0 Å². The number of morpholine rings is 1. The van der Waals surface area contributed by atoms with Crippen molar-refractivity contribution in [3.63, 3.8) is 0 Å². The molecule has 1 aromatic heterocycles. The van der Waals surface area contributed by atoms with E-state index in [1.165, 1.54) is 0 Å². The van der Waals surface area contributed by atoms with Crippen molar-refractivity contribution in [2.75, 3.05) is 26.7 Å². The second kappa shape index (κ2) is 5.49. The highest BCUT2D eigenvalue weighted by molar-refractivity contribution is 14.1. The molecule has 1 aliphatic heterocycles. The highest BCUT2D eigenvalue weighted by Gasteiger charge is 2.26. The van der Waals surface area contributed by atoms with Crippen LogP contribution in [-0.4, -0.2) is 41.6 Å². The number of halogens is 1. The number of ether oxygens (including phenoxy) is 1. The van der Waals surface area contributed by atoms with E-state index in [0.717, 1.165) is 18.8 Å². The maximum absolute atomic E-state index is 12.1. The number of hydrogen-bond acceptors (Lipinski definition) is 4. The Morgan fingerprint density at radius 3 is 2.74 bits per heavy atom. The molecule has 0 saturated carbocycles. The molecule has 1 fully saturated rings. The normalized spacial score (nSPS) is 21.6. The molecule has 0 aromatic carbocycles. The number of nitrogens with zero attached hydrogens (tertiary/aromatic N) is 2. The maximum Gasteiger partial charge on any atom is 0.264 e. The Morgan fingerprint density at radius 2 is 2.16 bits per heavy atom. The Hall–Kier alpha value is -0.470. The summed E-state index contributed by atoms with van der Waals surface area (Å²) in [5.41, 5.74) is 0.608. The lowest BCUT2D eigenvalue weighted by atomic mass is 9.92.